The number of halogens is 2. The lowest BCUT2D eigenvalue weighted by molar-refractivity contribution is -0.123. The number of nitrogens with one attached hydrogen (secondary N) is 1. The number of aryl methyl sites for hydroxylation is 1. The second-order valence-corrected chi connectivity index (χ2v) is 6.35. The zero-order chi connectivity index (χ0) is 13.2. The minimum Gasteiger partial charge on any atom is -0.329 e. The first kappa shape index (κ1) is 14.7. The molecule has 0 fully saturated rings. The zero-order valence-electron chi connectivity index (χ0n) is 10.1. The van der Waals surface area contributed by atoms with Crippen molar-refractivity contribution in [2.45, 2.75) is 20.8 Å². The average molecular weight is 364 g/mol. The molecule has 0 unspecified atom stereocenters. The van der Waals surface area contributed by atoms with Crippen LogP contribution in [0.1, 0.15) is 19.4 Å². The van der Waals surface area contributed by atoms with Crippen LogP contribution < -0.4 is 11.1 Å². The average Bonchev–Trinajstić information content (AvgIpc) is 2.22. The summed E-state index contributed by atoms with van der Waals surface area (Å²) in [4.78, 5) is 12.0. The van der Waals surface area contributed by atoms with Gasteiger partial charge in [-0.1, -0.05) is 0 Å². The Morgan fingerprint density at radius 2 is 1.82 bits per heavy atom. The van der Waals surface area contributed by atoms with Gasteiger partial charge < -0.3 is 11.1 Å². The lowest BCUT2D eigenvalue weighted by atomic mass is 9.92. The largest absolute Gasteiger partial charge is 0.329 e. The first-order chi connectivity index (χ1) is 7.77. The van der Waals surface area contributed by atoms with Gasteiger partial charge in [-0.25, -0.2) is 0 Å². The molecule has 0 heterocycles. The van der Waals surface area contributed by atoms with Crippen molar-refractivity contribution in [3.8, 4) is 0 Å². The molecule has 0 aliphatic heterocycles. The fourth-order valence-corrected chi connectivity index (χ4v) is 2.81. The molecule has 1 aromatic rings. The minimum atomic E-state index is -0.580. The molecule has 0 saturated carbocycles. The molecule has 1 aromatic carbocycles. The number of hydrogen-bond donors (Lipinski definition) is 2. The number of amides is 1. The number of rotatable bonds is 3. The highest BCUT2D eigenvalue weighted by molar-refractivity contribution is 9.11. The fourth-order valence-electron chi connectivity index (χ4n) is 1.19. The molecule has 3 nitrogen and oxygen atoms in total. The van der Waals surface area contributed by atoms with Crippen LogP contribution in [0.3, 0.4) is 0 Å². The van der Waals surface area contributed by atoms with Crippen LogP contribution in [0.25, 0.3) is 0 Å². The topological polar surface area (TPSA) is 55.1 Å². The van der Waals surface area contributed by atoms with Gasteiger partial charge in [0.25, 0.3) is 0 Å². The molecule has 1 amide bonds. The molecule has 0 aromatic heterocycles. The molecule has 0 spiro atoms. The summed E-state index contributed by atoms with van der Waals surface area (Å²) in [5.74, 6) is -0.0924. The van der Waals surface area contributed by atoms with Crippen LogP contribution in [0.2, 0.25) is 0 Å². The number of benzene rings is 1. The van der Waals surface area contributed by atoms with Crippen molar-refractivity contribution in [1.82, 2.24) is 0 Å². The van der Waals surface area contributed by atoms with E-state index in [-0.39, 0.29) is 5.91 Å². The minimum absolute atomic E-state index is 0.0924. The molecule has 3 N–H and O–H groups in total. The van der Waals surface area contributed by atoms with Gasteiger partial charge in [0.05, 0.1) is 11.1 Å². The van der Waals surface area contributed by atoms with Gasteiger partial charge in [0.15, 0.2) is 0 Å². The maximum atomic E-state index is 12.0. The van der Waals surface area contributed by atoms with Gasteiger partial charge in [-0.15, -0.1) is 0 Å². The van der Waals surface area contributed by atoms with Gasteiger partial charge >= 0.3 is 0 Å². The Bertz CT molecular complexity index is 421. The van der Waals surface area contributed by atoms with Crippen molar-refractivity contribution in [3.05, 3.63) is 26.6 Å². The Labute approximate surface area is 118 Å². The van der Waals surface area contributed by atoms with E-state index in [1.165, 1.54) is 0 Å². The Balaban J connectivity index is 3.01. The maximum Gasteiger partial charge on any atom is 0.231 e. The van der Waals surface area contributed by atoms with E-state index >= 15 is 0 Å². The molecule has 1 rings (SSSR count). The quantitative estimate of drug-likeness (QED) is 0.864. The Morgan fingerprint density at radius 3 is 2.24 bits per heavy atom. The molecular formula is C12H16Br2N2O. The third kappa shape index (κ3) is 3.53. The van der Waals surface area contributed by atoms with E-state index < -0.39 is 5.41 Å². The molecule has 94 valence electrons. The van der Waals surface area contributed by atoms with Crippen molar-refractivity contribution < 1.29 is 4.79 Å². The number of nitrogens with two attached hydrogens (primary N) is 1. The molecule has 5 heteroatoms. The third-order valence-electron chi connectivity index (χ3n) is 2.55. The molecule has 0 radical (unpaired) electrons. The van der Waals surface area contributed by atoms with Crippen molar-refractivity contribution in [1.29, 1.82) is 0 Å². The van der Waals surface area contributed by atoms with Gasteiger partial charge in [0, 0.05) is 15.5 Å². The van der Waals surface area contributed by atoms with E-state index in [0.717, 1.165) is 20.2 Å². The number of hydrogen-bond acceptors (Lipinski definition) is 2. The SMILES string of the molecule is Cc1cc(Br)c(NC(=O)C(C)(C)CN)c(Br)c1. The first-order valence-electron chi connectivity index (χ1n) is 5.25. The number of anilines is 1. The van der Waals surface area contributed by atoms with Crippen LogP contribution in [0.4, 0.5) is 5.69 Å². The van der Waals surface area contributed by atoms with Crippen molar-refractivity contribution >= 4 is 43.5 Å². The summed E-state index contributed by atoms with van der Waals surface area (Å²) in [7, 11) is 0. The van der Waals surface area contributed by atoms with Crippen LogP contribution in [-0.4, -0.2) is 12.5 Å². The summed E-state index contributed by atoms with van der Waals surface area (Å²) in [6.45, 7) is 5.93. The summed E-state index contributed by atoms with van der Waals surface area (Å²) in [5, 5.41) is 2.88. The first-order valence-corrected chi connectivity index (χ1v) is 6.83. The van der Waals surface area contributed by atoms with Gasteiger partial charge in [0.2, 0.25) is 5.91 Å². The zero-order valence-corrected chi connectivity index (χ0v) is 13.3. The smallest absolute Gasteiger partial charge is 0.231 e. The predicted octanol–water partition coefficient (Wildman–Crippen LogP) is 3.44. The number of carbonyl (C=O) groups is 1. The Kier molecular flexibility index (Phi) is 4.75. The van der Waals surface area contributed by atoms with Crippen LogP contribution in [0.15, 0.2) is 21.1 Å². The fraction of sp³-hybridized carbons (Fsp3) is 0.417. The third-order valence-corrected chi connectivity index (χ3v) is 3.80. The Hall–Kier alpha value is -0.390. The molecule has 0 saturated heterocycles. The standard InChI is InChI=1S/C12H16Br2N2O/c1-7-4-8(13)10(9(14)5-7)16-11(17)12(2,3)6-15/h4-5H,6,15H2,1-3H3,(H,16,17). The summed E-state index contributed by atoms with van der Waals surface area (Å²) in [5.41, 5.74) is 6.85. The summed E-state index contributed by atoms with van der Waals surface area (Å²) in [6.07, 6.45) is 0. The molecular weight excluding hydrogens is 348 g/mol. The second kappa shape index (κ2) is 5.50. The van der Waals surface area contributed by atoms with Crippen molar-refractivity contribution in [2.24, 2.45) is 11.1 Å². The van der Waals surface area contributed by atoms with Crippen molar-refractivity contribution in [3.63, 3.8) is 0 Å². The summed E-state index contributed by atoms with van der Waals surface area (Å²) >= 11 is 6.88. The van der Waals surface area contributed by atoms with E-state index in [4.69, 9.17) is 5.73 Å². The number of carbonyl (C=O) groups excluding carboxylic acids is 1. The predicted molar refractivity (Wildman–Crippen MR) is 78.0 cm³/mol. The molecule has 0 atom stereocenters. The van der Waals surface area contributed by atoms with E-state index in [9.17, 15) is 4.79 Å². The van der Waals surface area contributed by atoms with E-state index in [1.54, 1.807) is 0 Å². The van der Waals surface area contributed by atoms with Crippen LogP contribution >= 0.6 is 31.9 Å². The van der Waals surface area contributed by atoms with E-state index in [1.807, 2.05) is 32.9 Å². The van der Waals surface area contributed by atoms with Crippen LogP contribution in [0.5, 0.6) is 0 Å². The highest BCUT2D eigenvalue weighted by atomic mass is 79.9. The monoisotopic (exact) mass is 362 g/mol. The van der Waals surface area contributed by atoms with Gasteiger partial charge in [0.1, 0.15) is 0 Å². The lowest BCUT2D eigenvalue weighted by Crippen LogP contribution is -2.37. The van der Waals surface area contributed by atoms with E-state index in [2.05, 4.69) is 37.2 Å². The highest BCUT2D eigenvalue weighted by Gasteiger charge is 2.26. The summed E-state index contributed by atoms with van der Waals surface area (Å²) < 4.78 is 1.70. The van der Waals surface area contributed by atoms with Crippen LogP contribution in [-0.2, 0) is 4.79 Å². The second-order valence-electron chi connectivity index (χ2n) is 4.65. The summed E-state index contributed by atoms with van der Waals surface area (Å²) in [6, 6.07) is 3.91. The van der Waals surface area contributed by atoms with Gasteiger partial charge in [-0.05, 0) is 70.3 Å². The lowest BCUT2D eigenvalue weighted by Gasteiger charge is -2.22. The van der Waals surface area contributed by atoms with E-state index in [0.29, 0.717) is 6.54 Å². The molecule has 0 aliphatic carbocycles. The maximum absolute atomic E-state index is 12.0. The molecule has 0 bridgehead atoms. The van der Waals surface area contributed by atoms with Gasteiger partial charge in [-0.3, -0.25) is 4.79 Å². The normalized spacial score (nSPS) is 11.4. The van der Waals surface area contributed by atoms with Crippen LogP contribution in [0, 0.1) is 12.3 Å². The Morgan fingerprint density at radius 1 is 1.35 bits per heavy atom. The highest BCUT2D eigenvalue weighted by Crippen LogP contribution is 2.33. The molecule has 0 aliphatic rings. The van der Waals surface area contributed by atoms with Gasteiger partial charge in [-0.2, -0.15) is 0 Å². The molecule has 17 heavy (non-hydrogen) atoms. The van der Waals surface area contributed by atoms with Crippen molar-refractivity contribution in [2.75, 3.05) is 11.9 Å².